The van der Waals surface area contributed by atoms with Gasteiger partial charge >= 0.3 is 0 Å². The van der Waals surface area contributed by atoms with E-state index in [1.165, 1.54) is 24.8 Å². The molecule has 1 atom stereocenters. The summed E-state index contributed by atoms with van der Waals surface area (Å²) in [5, 5.41) is 15.8. The van der Waals surface area contributed by atoms with Crippen LogP contribution in [0.5, 0.6) is 0 Å². The van der Waals surface area contributed by atoms with Gasteiger partial charge in [-0.05, 0) is 37.1 Å². The summed E-state index contributed by atoms with van der Waals surface area (Å²) in [6.07, 6.45) is 3.91. The van der Waals surface area contributed by atoms with Crippen molar-refractivity contribution in [2.45, 2.75) is 31.8 Å². The fourth-order valence-corrected chi connectivity index (χ4v) is 2.24. The average Bonchev–Trinajstić information content (AvgIpc) is 2.40. The van der Waals surface area contributed by atoms with E-state index in [9.17, 15) is 0 Å². The summed E-state index contributed by atoms with van der Waals surface area (Å²) in [4.78, 5) is 0. The van der Waals surface area contributed by atoms with Crippen molar-refractivity contribution in [3.05, 3.63) is 35.4 Å². The zero-order chi connectivity index (χ0) is 11.9. The number of nitriles is 1. The van der Waals surface area contributed by atoms with Gasteiger partial charge in [0.1, 0.15) is 0 Å². The van der Waals surface area contributed by atoms with Crippen LogP contribution in [0.4, 0.5) is 0 Å². The maximum Gasteiger partial charge on any atom is 0.0991 e. The van der Waals surface area contributed by atoms with Crippen LogP contribution in [0.15, 0.2) is 24.3 Å². The molecule has 1 saturated heterocycles. The molecule has 1 fully saturated rings. The van der Waals surface area contributed by atoms with Crippen LogP contribution in [0, 0.1) is 11.3 Å². The minimum absolute atomic E-state index is 0.614. The quantitative estimate of drug-likeness (QED) is 0.827. The second-order valence-electron chi connectivity index (χ2n) is 4.59. The van der Waals surface area contributed by atoms with Crippen LogP contribution >= 0.6 is 0 Å². The first-order chi connectivity index (χ1) is 8.38. The van der Waals surface area contributed by atoms with Crippen molar-refractivity contribution in [1.29, 1.82) is 5.26 Å². The highest BCUT2D eigenvalue weighted by Crippen LogP contribution is 2.07. The summed E-state index contributed by atoms with van der Waals surface area (Å²) in [5.74, 6) is 0. The Morgan fingerprint density at radius 3 is 3.12 bits per heavy atom. The second-order valence-corrected chi connectivity index (χ2v) is 4.59. The van der Waals surface area contributed by atoms with Crippen LogP contribution in [0.2, 0.25) is 0 Å². The molecule has 0 radical (unpaired) electrons. The maximum atomic E-state index is 8.81. The molecule has 0 aliphatic carbocycles. The number of rotatable bonds is 4. The van der Waals surface area contributed by atoms with Crippen LogP contribution < -0.4 is 10.6 Å². The highest BCUT2D eigenvalue weighted by atomic mass is 15.0. The first-order valence-corrected chi connectivity index (χ1v) is 6.31. The van der Waals surface area contributed by atoms with E-state index in [2.05, 4.69) is 22.8 Å². The van der Waals surface area contributed by atoms with Gasteiger partial charge < -0.3 is 10.6 Å². The first-order valence-electron chi connectivity index (χ1n) is 6.31. The lowest BCUT2D eigenvalue weighted by Gasteiger charge is -2.23. The molecule has 1 heterocycles. The predicted octanol–water partition coefficient (Wildman–Crippen LogP) is 1.79. The summed E-state index contributed by atoms with van der Waals surface area (Å²) < 4.78 is 0. The number of benzene rings is 1. The van der Waals surface area contributed by atoms with Crippen LogP contribution in [0.25, 0.3) is 0 Å². The van der Waals surface area contributed by atoms with Crippen LogP contribution in [-0.4, -0.2) is 19.1 Å². The van der Waals surface area contributed by atoms with E-state index in [1.807, 2.05) is 18.2 Å². The van der Waals surface area contributed by atoms with Crippen LogP contribution in [0.3, 0.4) is 0 Å². The van der Waals surface area contributed by atoms with Gasteiger partial charge in [0, 0.05) is 19.1 Å². The number of nitrogens with zero attached hydrogens (tertiary/aromatic N) is 1. The molecule has 0 spiro atoms. The van der Waals surface area contributed by atoms with Crippen molar-refractivity contribution >= 4 is 0 Å². The molecule has 0 saturated carbocycles. The lowest BCUT2D eigenvalue weighted by Crippen LogP contribution is -2.41. The first kappa shape index (κ1) is 12.1. The van der Waals surface area contributed by atoms with Gasteiger partial charge in [0.25, 0.3) is 0 Å². The molecule has 1 aliphatic heterocycles. The number of piperidine rings is 1. The zero-order valence-electron chi connectivity index (χ0n) is 10.1. The molecule has 1 unspecified atom stereocenters. The summed E-state index contributed by atoms with van der Waals surface area (Å²) in [5.41, 5.74) is 1.92. The highest BCUT2D eigenvalue weighted by Gasteiger charge is 2.11. The Hall–Kier alpha value is -1.37. The smallest absolute Gasteiger partial charge is 0.0991 e. The minimum Gasteiger partial charge on any atom is -0.313 e. The summed E-state index contributed by atoms with van der Waals surface area (Å²) >= 11 is 0. The Morgan fingerprint density at radius 1 is 1.41 bits per heavy atom. The molecule has 0 aromatic heterocycles. The molecule has 3 heteroatoms. The minimum atomic E-state index is 0.614. The lowest BCUT2D eigenvalue weighted by atomic mass is 10.0. The third-order valence-electron chi connectivity index (χ3n) is 3.19. The molecular weight excluding hydrogens is 210 g/mol. The fraction of sp³-hybridized carbons (Fsp3) is 0.500. The molecule has 1 aromatic carbocycles. The molecule has 1 aliphatic rings. The van der Waals surface area contributed by atoms with Gasteiger partial charge in [-0.3, -0.25) is 0 Å². The van der Waals surface area contributed by atoms with Gasteiger partial charge in [-0.15, -0.1) is 0 Å². The van der Waals surface area contributed by atoms with E-state index in [0.29, 0.717) is 6.04 Å². The largest absolute Gasteiger partial charge is 0.313 e. The topological polar surface area (TPSA) is 47.9 Å². The fourth-order valence-electron chi connectivity index (χ4n) is 2.24. The molecule has 2 rings (SSSR count). The van der Waals surface area contributed by atoms with Crippen molar-refractivity contribution in [2.75, 3.05) is 13.1 Å². The Bertz CT molecular complexity index is 389. The lowest BCUT2D eigenvalue weighted by molar-refractivity contribution is 0.383. The van der Waals surface area contributed by atoms with E-state index < -0.39 is 0 Å². The number of hydrogen-bond donors (Lipinski definition) is 2. The molecular formula is C14H19N3. The monoisotopic (exact) mass is 229 g/mol. The summed E-state index contributed by atoms with van der Waals surface area (Å²) in [7, 11) is 0. The third-order valence-corrected chi connectivity index (χ3v) is 3.19. The Balaban J connectivity index is 1.75. The molecule has 1 aromatic rings. The Labute approximate surface area is 103 Å². The number of hydrogen-bond acceptors (Lipinski definition) is 3. The molecule has 17 heavy (non-hydrogen) atoms. The van der Waals surface area contributed by atoms with E-state index >= 15 is 0 Å². The van der Waals surface area contributed by atoms with Crippen molar-refractivity contribution in [3.63, 3.8) is 0 Å². The average molecular weight is 229 g/mol. The third kappa shape index (κ3) is 3.85. The molecule has 90 valence electrons. The van der Waals surface area contributed by atoms with Crippen molar-refractivity contribution in [1.82, 2.24) is 10.6 Å². The van der Waals surface area contributed by atoms with Crippen molar-refractivity contribution in [3.8, 4) is 6.07 Å². The van der Waals surface area contributed by atoms with Crippen LogP contribution in [-0.2, 0) is 6.54 Å². The number of nitrogens with one attached hydrogen (secondary N) is 2. The predicted molar refractivity (Wildman–Crippen MR) is 68.5 cm³/mol. The molecule has 0 amide bonds. The Kier molecular flexibility index (Phi) is 4.54. The van der Waals surface area contributed by atoms with E-state index in [0.717, 1.165) is 25.2 Å². The zero-order valence-corrected chi connectivity index (χ0v) is 10.1. The van der Waals surface area contributed by atoms with Gasteiger partial charge in [0.2, 0.25) is 0 Å². The van der Waals surface area contributed by atoms with Gasteiger partial charge in [0.05, 0.1) is 11.6 Å². The highest BCUT2D eigenvalue weighted by molar-refractivity contribution is 5.32. The maximum absolute atomic E-state index is 8.81. The SMILES string of the molecule is N#Cc1cccc(CNCC2CCCCN2)c1. The summed E-state index contributed by atoms with van der Waals surface area (Å²) in [6.45, 7) is 3.00. The van der Waals surface area contributed by atoms with Crippen molar-refractivity contribution in [2.24, 2.45) is 0 Å². The normalized spacial score (nSPS) is 19.8. The van der Waals surface area contributed by atoms with E-state index in [-0.39, 0.29) is 0 Å². The van der Waals surface area contributed by atoms with Crippen LogP contribution in [0.1, 0.15) is 30.4 Å². The second kappa shape index (κ2) is 6.39. The molecule has 2 N–H and O–H groups in total. The van der Waals surface area contributed by atoms with Gasteiger partial charge in [-0.2, -0.15) is 5.26 Å². The van der Waals surface area contributed by atoms with Gasteiger partial charge in [-0.1, -0.05) is 18.6 Å². The molecule has 3 nitrogen and oxygen atoms in total. The van der Waals surface area contributed by atoms with Crippen molar-refractivity contribution < 1.29 is 0 Å². The van der Waals surface area contributed by atoms with Gasteiger partial charge in [-0.25, -0.2) is 0 Å². The standard InChI is InChI=1S/C14H19N3/c15-9-12-4-3-5-13(8-12)10-16-11-14-6-1-2-7-17-14/h3-5,8,14,16-17H,1-2,6-7,10-11H2. The van der Waals surface area contributed by atoms with E-state index in [1.54, 1.807) is 0 Å². The molecule has 0 bridgehead atoms. The van der Waals surface area contributed by atoms with Gasteiger partial charge in [0.15, 0.2) is 0 Å². The Morgan fingerprint density at radius 2 is 2.35 bits per heavy atom. The summed E-state index contributed by atoms with van der Waals surface area (Å²) in [6, 6.07) is 10.6. The van der Waals surface area contributed by atoms with E-state index in [4.69, 9.17) is 5.26 Å².